The lowest BCUT2D eigenvalue weighted by Gasteiger charge is -2.18. The van der Waals surface area contributed by atoms with Gasteiger partial charge in [0.15, 0.2) is 0 Å². The van der Waals surface area contributed by atoms with Gasteiger partial charge in [-0.1, -0.05) is 0 Å². The lowest BCUT2D eigenvalue weighted by atomic mass is 10.1. The minimum Gasteiger partial charge on any atom is -0.497 e. The van der Waals surface area contributed by atoms with Crippen molar-refractivity contribution in [2.75, 3.05) is 39.2 Å². The zero-order chi connectivity index (χ0) is 14.0. The summed E-state index contributed by atoms with van der Waals surface area (Å²) in [7, 11) is 5.53. The minimum atomic E-state index is -0.443. The summed E-state index contributed by atoms with van der Waals surface area (Å²) in [6, 6.07) is 5.10. The minimum absolute atomic E-state index is 0.428. The molecule has 0 aromatic heterocycles. The summed E-state index contributed by atoms with van der Waals surface area (Å²) in [5.41, 5.74) is 1.13. The van der Waals surface area contributed by atoms with E-state index in [0.29, 0.717) is 23.5 Å². The summed E-state index contributed by atoms with van der Waals surface area (Å²) < 4.78 is 5.14. The van der Waals surface area contributed by atoms with E-state index in [1.807, 2.05) is 14.1 Å². The van der Waals surface area contributed by atoms with Gasteiger partial charge in [-0.3, -0.25) is 9.59 Å². The molecule has 19 heavy (non-hydrogen) atoms. The van der Waals surface area contributed by atoms with E-state index in [4.69, 9.17) is 4.74 Å². The number of hydrogen-bond acceptors (Lipinski definition) is 4. The third-order valence-electron chi connectivity index (χ3n) is 3.17. The number of Topliss-reactive ketones (excluding diaryl/α,β-unsaturated/α-hetero) is 1. The van der Waals surface area contributed by atoms with Crippen LogP contribution in [0.4, 0.5) is 5.69 Å². The van der Waals surface area contributed by atoms with Gasteiger partial charge < -0.3 is 14.5 Å². The molecule has 0 unspecified atom stereocenters. The highest BCUT2D eigenvalue weighted by atomic mass is 16.5. The molecule has 2 rings (SSSR count). The molecule has 1 heterocycles. The lowest BCUT2D eigenvalue weighted by molar-refractivity contribution is -0.114. The molecule has 5 nitrogen and oxygen atoms in total. The number of nitrogens with zero attached hydrogens (tertiary/aromatic N) is 2. The van der Waals surface area contributed by atoms with Gasteiger partial charge in [-0.15, -0.1) is 0 Å². The molecule has 5 heteroatoms. The Bertz CT molecular complexity index is 511. The fraction of sp³-hybridized carbons (Fsp3) is 0.429. The van der Waals surface area contributed by atoms with E-state index in [1.54, 1.807) is 30.2 Å². The number of methoxy groups -OCH3 is 1. The van der Waals surface area contributed by atoms with E-state index in [9.17, 15) is 9.59 Å². The van der Waals surface area contributed by atoms with Gasteiger partial charge in [-0.25, -0.2) is 0 Å². The van der Waals surface area contributed by atoms with Crippen molar-refractivity contribution in [2.24, 2.45) is 0 Å². The summed E-state index contributed by atoms with van der Waals surface area (Å²) in [4.78, 5) is 27.4. The maximum absolute atomic E-state index is 12.0. The number of amides is 1. The van der Waals surface area contributed by atoms with Crippen LogP contribution in [-0.2, 0) is 4.79 Å². The quantitative estimate of drug-likeness (QED) is 0.748. The Balaban J connectivity index is 2.21. The smallest absolute Gasteiger partial charge is 0.299 e. The molecule has 102 valence electrons. The third kappa shape index (κ3) is 2.61. The number of hydrogen-bond donors (Lipinski definition) is 0. The van der Waals surface area contributed by atoms with Crippen molar-refractivity contribution in [1.29, 1.82) is 0 Å². The molecule has 0 N–H and O–H groups in total. The molecular formula is C14H18N2O3. The molecule has 0 atom stereocenters. The number of ether oxygens (including phenoxy) is 1. The molecule has 1 aromatic rings. The van der Waals surface area contributed by atoms with Crippen LogP contribution in [0.25, 0.3) is 0 Å². The fourth-order valence-electron chi connectivity index (χ4n) is 2.17. The fourth-order valence-corrected chi connectivity index (χ4v) is 2.17. The van der Waals surface area contributed by atoms with Gasteiger partial charge in [0.2, 0.25) is 0 Å². The SMILES string of the molecule is COc1ccc2c(c1)N(CCCN(C)C)C(=O)C2=O. The first kappa shape index (κ1) is 13.5. The summed E-state index contributed by atoms with van der Waals surface area (Å²) in [5, 5.41) is 0. The van der Waals surface area contributed by atoms with Crippen molar-refractivity contribution >= 4 is 17.4 Å². The third-order valence-corrected chi connectivity index (χ3v) is 3.17. The van der Waals surface area contributed by atoms with Gasteiger partial charge in [0.1, 0.15) is 5.75 Å². The van der Waals surface area contributed by atoms with Crippen molar-refractivity contribution in [3.8, 4) is 5.75 Å². The topological polar surface area (TPSA) is 49.9 Å². The Hall–Kier alpha value is -1.88. The van der Waals surface area contributed by atoms with Gasteiger partial charge in [-0.2, -0.15) is 0 Å². The van der Waals surface area contributed by atoms with E-state index in [2.05, 4.69) is 4.90 Å². The van der Waals surface area contributed by atoms with Crippen LogP contribution in [0.15, 0.2) is 18.2 Å². The highest BCUT2D eigenvalue weighted by molar-refractivity contribution is 6.52. The Morgan fingerprint density at radius 3 is 2.63 bits per heavy atom. The molecule has 1 aliphatic rings. The maximum atomic E-state index is 12.0. The summed E-state index contributed by atoms with van der Waals surface area (Å²) in [5.74, 6) is -0.219. The molecule has 0 spiro atoms. The van der Waals surface area contributed by atoms with Crippen molar-refractivity contribution in [1.82, 2.24) is 4.90 Å². The van der Waals surface area contributed by atoms with Gasteiger partial charge in [0.25, 0.3) is 11.7 Å². The predicted molar refractivity (Wildman–Crippen MR) is 72.8 cm³/mol. The molecule has 0 radical (unpaired) electrons. The molecular weight excluding hydrogens is 244 g/mol. The van der Waals surface area contributed by atoms with Gasteiger partial charge in [0.05, 0.1) is 18.4 Å². The van der Waals surface area contributed by atoms with Crippen LogP contribution in [0.3, 0.4) is 0 Å². The molecule has 1 amide bonds. The molecule has 0 fully saturated rings. The number of carbonyl (C=O) groups excluding carboxylic acids is 2. The second-order valence-corrected chi connectivity index (χ2v) is 4.83. The van der Waals surface area contributed by atoms with Crippen LogP contribution < -0.4 is 9.64 Å². The highest BCUT2D eigenvalue weighted by Gasteiger charge is 2.35. The van der Waals surface area contributed by atoms with Gasteiger partial charge in [-0.05, 0) is 39.2 Å². The first-order chi connectivity index (χ1) is 9.04. The Labute approximate surface area is 112 Å². The second kappa shape index (κ2) is 5.40. The number of ketones is 1. The largest absolute Gasteiger partial charge is 0.497 e. The second-order valence-electron chi connectivity index (χ2n) is 4.83. The molecule has 0 saturated carbocycles. The lowest BCUT2D eigenvalue weighted by Crippen LogP contribution is -2.32. The first-order valence-corrected chi connectivity index (χ1v) is 6.23. The van der Waals surface area contributed by atoms with E-state index in [0.717, 1.165) is 13.0 Å². The maximum Gasteiger partial charge on any atom is 0.299 e. The van der Waals surface area contributed by atoms with Crippen molar-refractivity contribution in [3.05, 3.63) is 23.8 Å². The van der Waals surface area contributed by atoms with E-state index >= 15 is 0 Å². The number of anilines is 1. The summed E-state index contributed by atoms with van der Waals surface area (Å²) >= 11 is 0. The number of benzene rings is 1. The van der Waals surface area contributed by atoms with E-state index < -0.39 is 11.7 Å². The normalized spacial score (nSPS) is 14.2. The molecule has 0 aliphatic carbocycles. The van der Waals surface area contributed by atoms with E-state index in [1.165, 1.54) is 0 Å². The van der Waals surface area contributed by atoms with Crippen LogP contribution in [0.2, 0.25) is 0 Å². The zero-order valence-corrected chi connectivity index (χ0v) is 11.5. The average Bonchev–Trinajstić information content (AvgIpc) is 2.63. The Kier molecular flexibility index (Phi) is 3.85. The van der Waals surface area contributed by atoms with Crippen molar-refractivity contribution in [3.63, 3.8) is 0 Å². The Morgan fingerprint density at radius 1 is 1.26 bits per heavy atom. The number of carbonyl (C=O) groups is 2. The van der Waals surface area contributed by atoms with Crippen LogP contribution >= 0.6 is 0 Å². The van der Waals surface area contributed by atoms with Crippen molar-refractivity contribution < 1.29 is 14.3 Å². The summed E-state index contributed by atoms with van der Waals surface area (Å²) in [6.45, 7) is 1.42. The van der Waals surface area contributed by atoms with Crippen LogP contribution in [0.5, 0.6) is 5.75 Å². The predicted octanol–water partition coefficient (Wildman–Crippen LogP) is 1.18. The molecule has 1 aromatic carbocycles. The van der Waals surface area contributed by atoms with Crippen LogP contribution in [0, 0.1) is 0 Å². The molecule has 0 bridgehead atoms. The zero-order valence-electron chi connectivity index (χ0n) is 11.5. The van der Waals surface area contributed by atoms with Crippen LogP contribution in [0.1, 0.15) is 16.8 Å². The van der Waals surface area contributed by atoms with Gasteiger partial charge >= 0.3 is 0 Å². The Morgan fingerprint density at radius 2 is 2.00 bits per heavy atom. The summed E-state index contributed by atoms with van der Waals surface area (Å²) in [6.07, 6.45) is 0.822. The standard InChI is InChI=1S/C14H18N2O3/c1-15(2)7-4-8-16-12-9-10(19-3)5-6-11(12)13(17)14(16)18/h5-6,9H,4,7-8H2,1-3H3. The highest BCUT2D eigenvalue weighted by Crippen LogP contribution is 2.32. The number of fused-ring (bicyclic) bond motifs is 1. The van der Waals surface area contributed by atoms with Crippen LogP contribution in [-0.4, -0.2) is 50.9 Å². The van der Waals surface area contributed by atoms with E-state index in [-0.39, 0.29) is 0 Å². The average molecular weight is 262 g/mol. The molecule has 0 saturated heterocycles. The van der Waals surface area contributed by atoms with Gasteiger partial charge in [0, 0.05) is 12.6 Å². The van der Waals surface area contributed by atoms with Crippen molar-refractivity contribution in [2.45, 2.75) is 6.42 Å². The monoisotopic (exact) mass is 262 g/mol. The number of rotatable bonds is 5. The first-order valence-electron chi connectivity index (χ1n) is 6.23. The molecule has 1 aliphatic heterocycles.